The zero-order chi connectivity index (χ0) is 18.0. The van der Waals surface area contributed by atoms with E-state index in [0.717, 1.165) is 30.5 Å². The Morgan fingerprint density at radius 1 is 1.12 bits per heavy atom. The summed E-state index contributed by atoms with van der Waals surface area (Å²) in [6.07, 6.45) is 1.63. The Morgan fingerprint density at radius 2 is 1.72 bits per heavy atom. The van der Waals surface area contributed by atoms with Gasteiger partial charge >= 0.3 is 0 Å². The zero-order valence-corrected chi connectivity index (χ0v) is 14.6. The van der Waals surface area contributed by atoms with Crippen LogP contribution in [0.5, 0.6) is 0 Å². The summed E-state index contributed by atoms with van der Waals surface area (Å²) >= 11 is 0. The van der Waals surface area contributed by atoms with E-state index in [1.54, 1.807) is 31.3 Å². The van der Waals surface area contributed by atoms with E-state index in [-0.39, 0.29) is 23.4 Å². The third-order valence-electron chi connectivity index (χ3n) is 4.16. The number of halogens is 1. The quantitative estimate of drug-likeness (QED) is 0.859. The van der Waals surface area contributed by atoms with Gasteiger partial charge in [0.05, 0.1) is 4.90 Å². The molecule has 0 atom stereocenters. The molecule has 1 amide bonds. The smallest absolute Gasteiger partial charge is 0.251 e. The van der Waals surface area contributed by atoms with Crippen LogP contribution >= 0.6 is 0 Å². The molecule has 1 saturated carbocycles. The van der Waals surface area contributed by atoms with Crippen LogP contribution in [0.4, 0.5) is 4.39 Å². The van der Waals surface area contributed by atoms with Crippen LogP contribution in [0, 0.1) is 5.82 Å². The van der Waals surface area contributed by atoms with E-state index in [2.05, 4.69) is 5.32 Å². The second-order valence-corrected chi connectivity index (χ2v) is 7.90. The van der Waals surface area contributed by atoms with E-state index in [0.29, 0.717) is 5.56 Å². The van der Waals surface area contributed by atoms with Crippen molar-refractivity contribution in [1.29, 1.82) is 0 Å². The number of carbonyl (C=O) groups is 1. The Bertz CT molecular complexity index is 860. The molecule has 5 nitrogen and oxygen atoms in total. The molecule has 7 heteroatoms. The average molecular weight is 362 g/mol. The van der Waals surface area contributed by atoms with Crippen molar-refractivity contribution in [3.63, 3.8) is 0 Å². The van der Waals surface area contributed by atoms with Gasteiger partial charge in [0.2, 0.25) is 10.0 Å². The highest BCUT2D eigenvalue weighted by Crippen LogP contribution is 2.33. The molecule has 0 bridgehead atoms. The largest absolute Gasteiger partial charge is 0.355 e. The molecule has 1 fully saturated rings. The van der Waals surface area contributed by atoms with Crippen LogP contribution in [0.15, 0.2) is 53.4 Å². The van der Waals surface area contributed by atoms with Gasteiger partial charge in [0.15, 0.2) is 0 Å². The molecule has 0 radical (unpaired) electrons. The molecule has 0 saturated heterocycles. The zero-order valence-electron chi connectivity index (χ0n) is 13.8. The monoisotopic (exact) mass is 362 g/mol. The maximum absolute atomic E-state index is 13.1. The van der Waals surface area contributed by atoms with Gasteiger partial charge < -0.3 is 5.32 Å². The minimum atomic E-state index is -3.70. The molecule has 1 aliphatic rings. The first-order valence-corrected chi connectivity index (χ1v) is 9.44. The minimum Gasteiger partial charge on any atom is -0.355 e. The number of benzene rings is 2. The summed E-state index contributed by atoms with van der Waals surface area (Å²) in [6.45, 7) is 0.221. The number of carbonyl (C=O) groups excluding carboxylic acids is 1. The second-order valence-electron chi connectivity index (χ2n) is 6.01. The molecule has 0 heterocycles. The lowest BCUT2D eigenvalue weighted by molar-refractivity contribution is 0.0963. The fourth-order valence-electron chi connectivity index (χ4n) is 2.60. The molecule has 1 aliphatic carbocycles. The van der Waals surface area contributed by atoms with Crippen LogP contribution in [0.1, 0.15) is 28.8 Å². The third kappa shape index (κ3) is 3.88. The molecule has 132 valence electrons. The van der Waals surface area contributed by atoms with E-state index in [4.69, 9.17) is 0 Å². The normalized spacial score (nSPS) is 14.5. The molecule has 0 aliphatic heterocycles. The van der Waals surface area contributed by atoms with Gasteiger partial charge in [-0.1, -0.05) is 12.1 Å². The van der Waals surface area contributed by atoms with E-state index >= 15 is 0 Å². The van der Waals surface area contributed by atoms with Crippen molar-refractivity contribution in [1.82, 2.24) is 9.62 Å². The van der Waals surface area contributed by atoms with Crippen LogP contribution in [-0.4, -0.2) is 31.7 Å². The first kappa shape index (κ1) is 17.6. The number of nitrogens with one attached hydrogen (secondary N) is 1. The molecule has 3 rings (SSSR count). The first-order chi connectivity index (χ1) is 11.9. The lowest BCUT2D eigenvalue weighted by atomic mass is 10.1. The molecular weight excluding hydrogens is 343 g/mol. The Hall–Kier alpha value is -2.25. The number of sulfonamides is 1. The SMILES string of the molecule is CNC(=O)c1ccc(CN(C2CC2)S(=O)(=O)c2ccc(F)cc2)cc1. The highest BCUT2D eigenvalue weighted by atomic mass is 32.2. The van der Waals surface area contributed by atoms with Gasteiger partial charge in [-0.25, -0.2) is 12.8 Å². The first-order valence-electron chi connectivity index (χ1n) is 8.00. The Morgan fingerprint density at radius 3 is 2.24 bits per heavy atom. The molecule has 2 aromatic rings. The Labute approximate surface area is 146 Å². The van der Waals surface area contributed by atoms with E-state index in [1.165, 1.54) is 16.4 Å². The number of amides is 1. The second kappa shape index (κ2) is 6.93. The summed E-state index contributed by atoms with van der Waals surface area (Å²) < 4.78 is 40.3. The topological polar surface area (TPSA) is 66.5 Å². The van der Waals surface area contributed by atoms with Gasteiger partial charge in [0, 0.05) is 25.2 Å². The summed E-state index contributed by atoms with van der Waals surface area (Å²) in [5.74, 6) is -0.661. The maximum Gasteiger partial charge on any atom is 0.251 e. The molecule has 0 aromatic heterocycles. The highest BCUT2D eigenvalue weighted by molar-refractivity contribution is 7.89. The van der Waals surface area contributed by atoms with Crippen LogP contribution in [-0.2, 0) is 16.6 Å². The van der Waals surface area contributed by atoms with Gasteiger partial charge in [0.1, 0.15) is 5.82 Å². The number of hydrogen-bond donors (Lipinski definition) is 1. The van der Waals surface area contributed by atoms with Crippen LogP contribution < -0.4 is 5.32 Å². The van der Waals surface area contributed by atoms with Crippen molar-refractivity contribution in [2.75, 3.05) is 7.05 Å². The van der Waals surface area contributed by atoms with Crippen LogP contribution in [0.2, 0.25) is 0 Å². The van der Waals surface area contributed by atoms with Crippen molar-refractivity contribution in [3.05, 3.63) is 65.5 Å². The Balaban J connectivity index is 1.84. The fourth-order valence-corrected chi connectivity index (χ4v) is 4.27. The third-order valence-corrected chi connectivity index (χ3v) is 6.07. The number of nitrogens with zero attached hydrogens (tertiary/aromatic N) is 1. The van der Waals surface area contributed by atoms with Crippen LogP contribution in [0.3, 0.4) is 0 Å². The van der Waals surface area contributed by atoms with Crippen molar-refractivity contribution < 1.29 is 17.6 Å². The molecule has 2 aromatic carbocycles. The van der Waals surface area contributed by atoms with E-state index < -0.39 is 15.8 Å². The van der Waals surface area contributed by atoms with E-state index in [9.17, 15) is 17.6 Å². The summed E-state index contributed by atoms with van der Waals surface area (Å²) in [6, 6.07) is 11.7. The summed E-state index contributed by atoms with van der Waals surface area (Å²) in [5, 5.41) is 2.54. The summed E-state index contributed by atoms with van der Waals surface area (Å²) in [5.41, 5.74) is 1.32. The standard InChI is InChI=1S/C18H19FN2O3S/c1-20-18(22)14-4-2-13(3-5-14)12-21(16-8-9-16)25(23,24)17-10-6-15(19)7-11-17/h2-7,10-11,16H,8-9,12H2,1H3,(H,20,22). The maximum atomic E-state index is 13.1. The number of hydrogen-bond acceptors (Lipinski definition) is 3. The summed E-state index contributed by atoms with van der Waals surface area (Å²) in [4.78, 5) is 11.7. The van der Waals surface area contributed by atoms with E-state index in [1.807, 2.05) is 0 Å². The predicted octanol–water partition coefficient (Wildman–Crippen LogP) is 2.54. The average Bonchev–Trinajstić information content (AvgIpc) is 3.44. The lowest BCUT2D eigenvalue weighted by Crippen LogP contribution is -2.32. The van der Waals surface area contributed by atoms with Crippen molar-refractivity contribution in [2.45, 2.75) is 30.3 Å². The predicted molar refractivity (Wildman–Crippen MR) is 92.0 cm³/mol. The Kier molecular flexibility index (Phi) is 4.87. The van der Waals surface area contributed by atoms with Crippen molar-refractivity contribution in [2.24, 2.45) is 0 Å². The van der Waals surface area contributed by atoms with Crippen LogP contribution in [0.25, 0.3) is 0 Å². The van der Waals surface area contributed by atoms with Gasteiger partial charge in [-0.15, -0.1) is 0 Å². The molecular formula is C18H19FN2O3S. The van der Waals surface area contributed by atoms with Crippen molar-refractivity contribution >= 4 is 15.9 Å². The van der Waals surface area contributed by atoms with Gasteiger partial charge in [-0.3, -0.25) is 4.79 Å². The van der Waals surface area contributed by atoms with Gasteiger partial charge in [-0.2, -0.15) is 4.31 Å². The lowest BCUT2D eigenvalue weighted by Gasteiger charge is -2.22. The fraction of sp³-hybridized carbons (Fsp3) is 0.278. The molecule has 25 heavy (non-hydrogen) atoms. The van der Waals surface area contributed by atoms with Crippen molar-refractivity contribution in [3.8, 4) is 0 Å². The highest BCUT2D eigenvalue weighted by Gasteiger charge is 2.38. The minimum absolute atomic E-state index is 0.0336. The molecule has 1 N–H and O–H groups in total. The number of rotatable bonds is 6. The molecule has 0 unspecified atom stereocenters. The van der Waals surface area contributed by atoms with Gasteiger partial charge in [-0.05, 0) is 54.8 Å². The van der Waals surface area contributed by atoms with Gasteiger partial charge in [0.25, 0.3) is 5.91 Å². The summed E-state index contributed by atoms with van der Waals surface area (Å²) in [7, 11) is -2.14. The molecule has 0 spiro atoms.